The van der Waals surface area contributed by atoms with Crippen LogP contribution in [0, 0.1) is 5.92 Å². The van der Waals surface area contributed by atoms with Crippen LogP contribution in [-0.2, 0) is 13.7 Å². The van der Waals surface area contributed by atoms with E-state index in [0.29, 0.717) is 23.2 Å². The number of aryl methyl sites for hydroxylation is 1. The minimum Gasteiger partial charge on any atom is -0.488 e. The number of carbonyl (C=O) groups excluding carboxylic acids is 1. The molecule has 1 saturated carbocycles. The summed E-state index contributed by atoms with van der Waals surface area (Å²) in [6.45, 7) is 1.08. The molecule has 5 nitrogen and oxygen atoms in total. The van der Waals surface area contributed by atoms with Crippen molar-refractivity contribution in [2.75, 3.05) is 6.54 Å². The highest BCUT2D eigenvalue weighted by Crippen LogP contribution is 2.39. The fourth-order valence-electron chi connectivity index (χ4n) is 3.72. The summed E-state index contributed by atoms with van der Waals surface area (Å²) < 4.78 is 7.54. The molecule has 1 aliphatic carbocycles. The van der Waals surface area contributed by atoms with Crippen LogP contribution in [0.4, 0.5) is 0 Å². The minimum absolute atomic E-state index is 0.118. The second kappa shape index (κ2) is 6.13. The summed E-state index contributed by atoms with van der Waals surface area (Å²) in [6.07, 6.45) is 4.95. The van der Waals surface area contributed by atoms with Gasteiger partial charge in [0.1, 0.15) is 12.4 Å². The molecule has 2 aliphatic rings. The Morgan fingerprint density at radius 3 is 3.00 bits per heavy atom. The van der Waals surface area contributed by atoms with E-state index in [9.17, 15) is 4.79 Å². The van der Waals surface area contributed by atoms with Gasteiger partial charge in [0.15, 0.2) is 5.69 Å². The molecule has 1 fully saturated rings. The number of aromatic nitrogens is 2. The van der Waals surface area contributed by atoms with E-state index in [-0.39, 0.29) is 5.91 Å². The van der Waals surface area contributed by atoms with Gasteiger partial charge < -0.3 is 10.1 Å². The molecule has 1 amide bonds. The maximum Gasteiger partial charge on any atom is 0.272 e. The lowest BCUT2D eigenvalue weighted by molar-refractivity contribution is 0.0939. The highest BCUT2D eigenvalue weighted by Gasteiger charge is 2.29. The van der Waals surface area contributed by atoms with Gasteiger partial charge in [-0.05, 0) is 37.0 Å². The van der Waals surface area contributed by atoms with Crippen LogP contribution in [0.5, 0.6) is 5.75 Å². The number of ether oxygens (including phenoxy) is 1. The normalized spacial score (nSPS) is 16.4. The molecule has 6 heteroatoms. The molecule has 1 N–H and O–H groups in total. The van der Waals surface area contributed by atoms with Crippen LogP contribution in [0.25, 0.3) is 11.3 Å². The van der Waals surface area contributed by atoms with E-state index in [2.05, 4.69) is 10.4 Å². The Balaban J connectivity index is 1.62. The van der Waals surface area contributed by atoms with Crippen molar-refractivity contribution in [1.82, 2.24) is 15.1 Å². The van der Waals surface area contributed by atoms with Gasteiger partial charge in [-0.3, -0.25) is 9.48 Å². The molecule has 0 bridgehead atoms. The number of rotatable bonds is 3. The number of hydrogen-bond acceptors (Lipinski definition) is 3. The van der Waals surface area contributed by atoms with Gasteiger partial charge in [-0.1, -0.05) is 24.4 Å². The van der Waals surface area contributed by atoms with Gasteiger partial charge in [-0.2, -0.15) is 5.10 Å². The molecular formula is C18H20ClN3O2. The van der Waals surface area contributed by atoms with Crippen molar-refractivity contribution in [2.24, 2.45) is 13.0 Å². The predicted molar refractivity (Wildman–Crippen MR) is 92.3 cm³/mol. The van der Waals surface area contributed by atoms with Gasteiger partial charge in [0.05, 0.1) is 5.69 Å². The van der Waals surface area contributed by atoms with Gasteiger partial charge in [-0.25, -0.2) is 0 Å². The zero-order valence-electron chi connectivity index (χ0n) is 13.6. The van der Waals surface area contributed by atoms with Crippen LogP contribution >= 0.6 is 11.6 Å². The maximum absolute atomic E-state index is 12.6. The molecule has 4 rings (SSSR count). The van der Waals surface area contributed by atoms with Gasteiger partial charge >= 0.3 is 0 Å². The van der Waals surface area contributed by atoms with Gasteiger partial charge in [0.25, 0.3) is 5.91 Å². The van der Waals surface area contributed by atoms with Crippen molar-refractivity contribution in [3.8, 4) is 17.0 Å². The molecule has 0 radical (unpaired) electrons. The third kappa shape index (κ3) is 2.67. The molecule has 0 atom stereocenters. The number of fused-ring (bicyclic) bond motifs is 3. The quantitative estimate of drug-likeness (QED) is 0.925. The average molecular weight is 346 g/mol. The molecule has 2 heterocycles. The van der Waals surface area contributed by atoms with Crippen molar-refractivity contribution >= 4 is 17.5 Å². The second-order valence-corrected chi connectivity index (χ2v) is 7.03. The molecule has 24 heavy (non-hydrogen) atoms. The highest BCUT2D eigenvalue weighted by molar-refractivity contribution is 6.31. The van der Waals surface area contributed by atoms with Crippen molar-refractivity contribution in [3.63, 3.8) is 0 Å². The Bertz CT molecular complexity index is 794. The standard InChI is InChI=1S/C18H20ClN3O2/c1-22-17-13-8-12(19)6-7-15(13)24-10-14(17)16(21-22)18(23)20-9-11-4-2-3-5-11/h6-8,11H,2-5,9-10H2,1H3,(H,20,23). The fraction of sp³-hybridized carbons (Fsp3) is 0.444. The van der Waals surface area contributed by atoms with Crippen molar-refractivity contribution in [1.29, 1.82) is 0 Å². The SMILES string of the molecule is Cn1nc(C(=O)NCC2CCCC2)c2c1-c1cc(Cl)ccc1OC2. The number of hydrogen-bond donors (Lipinski definition) is 1. The number of amides is 1. The van der Waals surface area contributed by atoms with Crippen LogP contribution in [0.2, 0.25) is 5.02 Å². The number of nitrogens with one attached hydrogen (secondary N) is 1. The Labute approximate surface area is 145 Å². The van der Waals surface area contributed by atoms with E-state index in [1.54, 1.807) is 10.7 Å². The van der Waals surface area contributed by atoms with Gasteiger partial charge in [0, 0.05) is 29.7 Å². The lowest BCUT2D eigenvalue weighted by Gasteiger charge is -2.19. The van der Waals surface area contributed by atoms with Crippen molar-refractivity contribution < 1.29 is 9.53 Å². The summed E-state index contributed by atoms with van der Waals surface area (Å²) in [5, 5.41) is 8.13. The summed E-state index contributed by atoms with van der Waals surface area (Å²) >= 11 is 6.12. The van der Waals surface area contributed by atoms with E-state index < -0.39 is 0 Å². The number of benzene rings is 1. The third-order valence-electron chi connectivity index (χ3n) is 4.96. The van der Waals surface area contributed by atoms with Crippen LogP contribution in [0.15, 0.2) is 18.2 Å². The molecule has 0 unspecified atom stereocenters. The van der Waals surface area contributed by atoms with E-state index >= 15 is 0 Å². The molecule has 0 spiro atoms. The van der Waals surface area contributed by atoms with Crippen LogP contribution < -0.4 is 10.1 Å². The monoisotopic (exact) mass is 345 g/mol. The number of nitrogens with zero attached hydrogens (tertiary/aromatic N) is 2. The van der Waals surface area contributed by atoms with Gasteiger partial charge in [0.2, 0.25) is 0 Å². The molecule has 0 saturated heterocycles. The minimum atomic E-state index is -0.118. The summed E-state index contributed by atoms with van der Waals surface area (Å²) in [4.78, 5) is 12.6. The molecule has 126 valence electrons. The van der Waals surface area contributed by atoms with E-state index in [0.717, 1.165) is 29.1 Å². The Morgan fingerprint density at radius 2 is 2.21 bits per heavy atom. The first-order valence-corrected chi connectivity index (χ1v) is 8.78. The van der Waals surface area contributed by atoms with Crippen LogP contribution in [0.3, 0.4) is 0 Å². The zero-order chi connectivity index (χ0) is 16.7. The molecule has 1 aromatic heterocycles. The Morgan fingerprint density at radius 1 is 1.42 bits per heavy atom. The van der Waals surface area contributed by atoms with Crippen molar-refractivity contribution in [3.05, 3.63) is 34.5 Å². The second-order valence-electron chi connectivity index (χ2n) is 6.59. The van der Waals surface area contributed by atoms with Crippen molar-refractivity contribution in [2.45, 2.75) is 32.3 Å². The van der Waals surface area contributed by atoms with E-state index in [1.165, 1.54) is 25.7 Å². The zero-order valence-corrected chi connectivity index (χ0v) is 14.4. The van der Waals surface area contributed by atoms with Crippen LogP contribution in [-0.4, -0.2) is 22.2 Å². The summed E-state index contributed by atoms with van der Waals surface area (Å²) in [6, 6.07) is 5.52. The summed E-state index contributed by atoms with van der Waals surface area (Å²) in [7, 11) is 1.85. The first kappa shape index (κ1) is 15.5. The molecule has 1 aromatic carbocycles. The first-order chi connectivity index (χ1) is 11.6. The average Bonchev–Trinajstić information content (AvgIpc) is 3.20. The van der Waals surface area contributed by atoms with Crippen LogP contribution in [0.1, 0.15) is 41.7 Å². The number of halogens is 1. The molecule has 1 aliphatic heterocycles. The Kier molecular flexibility index (Phi) is 3.96. The topological polar surface area (TPSA) is 56.2 Å². The fourth-order valence-corrected chi connectivity index (χ4v) is 3.89. The first-order valence-electron chi connectivity index (χ1n) is 8.40. The predicted octanol–water partition coefficient (Wildman–Crippen LogP) is 3.55. The number of carbonyl (C=O) groups is 1. The maximum atomic E-state index is 12.6. The highest BCUT2D eigenvalue weighted by atomic mass is 35.5. The Hall–Kier alpha value is -2.01. The summed E-state index contributed by atoms with van der Waals surface area (Å²) in [5.74, 6) is 1.25. The lowest BCUT2D eigenvalue weighted by Crippen LogP contribution is -2.29. The molecule has 2 aromatic rings. The molecular weight excluding hydrogens is 326 g/mol. The van der Waals surface area contributed by atoms with Gasteiger partial charge in [-0.15, -0.1) is 0 Å². The smallest absolute Gasteiger partial charge is 0.272 e. The van der Waals surface area contributed by atoms with E-state index in [4.69, 9.17) is 16.3 Å². The van der Waals surface area contributed by atoms with E-state index in [1.807, 2.05) is 19.2 Å². The summed E-state index contributed by atoms with van der Waals surface area (Å²) in [5.41, 5.74) is 3.07. The third-order valence-corrected chi connectivity index (χ3v) is 5.19. The lowest BCUT2D eigenvalue weighted by atomic mass is 10.0. The largest absolute Gasteiger partial charge is 0.488 e.